The van der Waals surface area contributed by atoms with Gasteiger partial charge in [0.1, 0.15) is 11.8 Å². The highest BCUT2D eigenvalue weighted by atomic mass is 16.5. The third-order valence-electron chi connectivity index (χ3n) is 5.05. The van der Waals surface area contributed by atoms with E-state index in [9.17, 15) is 9.59 Å². The number of methoxy groups -OCH3 is 1. The smallest absolute Gasteiger partial charge is 0.244 e. The number of H-pyrrole nitrogens is 1. The fourth-order valence-electron chi connectivity index (χ4n) is 3.66. The van der Waals surface area contributed by atoms with Gasteiger partial charge in [-0.3, -0.25) is 14.7 Å². The Morgan fingerprint density at radius 1 is 1.33 bits per heavy atom. The molecule has 2 aromatic rings. The van der Waals surface area contributed by atoms with Crippen LogP contribution in [0, 0.1) is 0 Å². The van der Waals surface area contributed by atoms with Gasteiger partial charge < -0.3 is 15.0 Å². The van der Waals surface area contributed by atoms with E-state index in [4.69, 9.17) is 4.74 Å². The van der Waals surface area contributed by atoms with Gasteiger partial charge in [0.15, 0.2) is 0 Å². The maximum Gasteiger partial charge on any atom is 0.244 e. The Balaban J connectivity index is 1.68. The highest BCUT2D eigenvalue weighted by Crippen LogP contribution is 2.35. The van der Waals surface area contributed by atoms with Gasteiger partial charge in [0.25, 0.3) is 0 Å². The second-order valence-electron chi connectivity index (χ2n) is 6.95. The molecule has 0 saturated carbocycles. The monoisotopic (exact) mass is 370 g/mol. The number of aromatic amines is 1. The number of nitrogens with one attached hydrogen (secondary N) is 2. The van der Waals surface area contributed by atoms with Gasteiger partial charge in [-0.2, -0.15) is 5.10 Å². The molecule has 1 aliphatic rings. The second-order valence-corrected chi connectivity index (χ2v) is 6.95. The molecule has 144 valence electrons. The summed E-state index contributed by atoms with van der Waals surface area (Å²) in [6.45, 7) is 4.49. The molecule has 1 atom stereocenters. The highest BCUT2D eigenvalue weighted by Gasteiger charge is 2.29. The Bertz CT molecular complexity index is 809. The van der Waals surface area contributed by atoms with Gasteiger partial charge in [0.05, 0.1) is 13.3 Å². The van der Waals surface area contributed by atoms with Gasteiger partial charge in [0.2, 0.25) is 11.8 Å². The summed E-state index contributed by atoms with van der Waals surface area (Å²) >= 11 is 0. The molecule has 1 saturated heterocycles. The summed E-state index contributed by atoms with van der Waals surface area (Å²) in [7, 11) is 1.66. The Morgan fingerprint density at radius 3 is 2.74 bits per heavy atom. The number of amides is 2. The number of piperidine rings is 1. The van der Waals surface area contributed by atoms with Crippen LogP contribution >= 0.6 is 0 Å². The van der Waals surface area contributed by atoms with E-state index in [-0.39, 0.29) is 11.8 Å². The van der Waals surface area contributed by atoms with Gasteiger partial charge >= 0.3 is 0 Å². The van der Waals surface area contributed by atoms with Crippen molar-refractivity contribution < 1.29 is 14.3 Å². The molecule has 2 N–H and O–H groups in total. The van der Waals surface area contributed by atoms with E-state index in [1.165, 1.54) is 6.92 Å². The number of aromatic nitrogens is 2. The number of carbonyl (C=O) groups excluding carboxylic acids is 2. The van der Waals surface area contributed by atoms with E-state index < -0.39 is 6.04 Å². The second kappa shape index (κ2) is 8.24. The summed E-state index contributed by atoms with van der Waals surface area (Å²) in [5.41, 5.74) is 3.24. The minimum atomic E-state index is -0.487. The predicted octanol–water partition coefficient (Wildman–Crippen LogP) is 2.32. The molecular weight excluding hydrogens is 344 g/mol. The lowest BCUT2D eigenvalue weighted by molar-refractivity contribution is -0.136. The average Bonchev–Trinajstić information content (AvgIpc) is 3.17. The van der Waals surface area contributed by atoms with Crippen molar-refractivity contribution in [2.24, 2.45) is 0 Å². The lowest BCUT2D eigenvalue weighted by Gasteiger charge is -2.33. The number of hydrogen-bond acceptors (Lipinski definition) is 4. The van der Waals surface area contributed by atoms with Crippen molar-refractivity contribution in [3.8, 4) is 16.9 Å². The topological polar surface area (TPSA) is 87.3 Å². The van der Waals surface area contributed by atoms with Crippen LogP contribution in [0.25, 0.3) is 11.1 Å². The molecule has 1 aliphatic heterocycles. The van der Waals surface area contributed by atoms with Crippen molar-refractivity contribution in [3.05, 3.63) is 36.2 Å². The minimum Gasteiger partial charge on any atom is -0.497 e. The standard InChI is InChI=1S/C20H26N4O3/c1-13(22-14(2)25)20(26)24-9-7-15(8-10-24)19-18(12-21-23-19)16-5-4-6-17(11-16)27-3/h4-6,11-13,15H,7-10H2,1-3H3,(H,21,23)(H,22,25)/t13-/m0/s1. The molecule has 3 rings (SSSR count). The van der Waals surface area contributed by atoms with Crippen LogP contribution in [0.1, 0.15) is 38.3 Å². The Labute approximate surface area is 159 Å². The SMILES string of the molecule is COc1cccc(-c2cn[nH]c2C2CCN(C(=O)[C@H](C)NC(C)=O)CC2)c1. The van der Waals surface area contributed by atoms with Crippen molar-refractivity contribution in [1.82, 2.24) is 20.4 Å². The first-order valence-corrected chi connectivity index (χ1v) is 9.23. The number of rotatable bonds is 5. The zero-order valence-electron chi connectivity index (χ0n) is 16.0. The number of carbonyl (C=O) groups is 2. The first-order chi connectivity index (χ1) is 13.0. The maximum absolute atomic E-state index is 12.5. The third kappa shape index (κ3) is 4.30. The first kappa shape index (κ1) is 18.9. The number of likely N-dealkylation sites (tertiary alicyclic amines) is 1. The van der Waals surface area contributed by atoms with Crippen LogP contribution < -0.4 is 10.1 Å². The summed E-state index contributed by atoms with van der Waals surface area (Å²) in [6.07, 6.45) is 3.57. The molecule has 0 unspecified atom stereocenters. The van der Waals surface area contributed by atoms with E-state index in [1.807, 2.05) is 35.4 Å². The molecule has 0 spiro atoms. The molecule has 7 nitrogen and oxygen atoms in total. The fraction of sp³-hybridized carbons (Fsp3) is 0.450. The molecule has 1 aromatic heterocycles. The highest BCUT2D eigenvalue weighted by molar-refractivity contribution is 5.86. The van der Waals surface area contributed by atoms with Gasteiger partial charge in [-0.05, 0) is 37.5 Å². The Kier molecular flexibility index (Phi) is 5.78. The molecule has 27 heavy (non-hydrogen) atoms. The molecular formula is C20H26N4O3. The number of nitrogens with zero attached hydrogens (tertiary/aromatic N) is 2. The maximum atomic E-state index is 12.5. The van der Waals surface area contributed by atoms with E-state index in [1.54, 1.807) is 14.0 Å². The van der Waals surface area contributed by atoms with Crippen LogP contribution in [0.5, 0.6) is 5.75 Å². The van der Waals surface area contributed by atoms with E-state index in [0.29, 0.717) is 19.0 Å². The molecule has 1 aromatic carbocycles. The van der Waals surface area contributed by atoms with Crippen molar-refractivity contribution in [1.29, 1.82) is 0 Å². The molecule has 2 heterocycles. The van der Waals surface area contributed by atoms with Crippen LogP contribution in [0.3, 0.4) is 0 Å². The van der Waals surface area contributed by atoms with Gasteiger partial charge in [-0.25, -0.2) is 0 Å². The van der Waals surface area contributed by atoms with Crippen molar-refractivity contribution in [2.45, 2.75) is 38.6 Å². The zero-order valence-corrected chi connectivity index (χ0v) is 16.0. The molecule has 0 radical (unpaired) electrons. The van der Waals surface area contributed by atoms with Crippen LogP contribution in [-0.2, 0) is 9.59 Å². The fourth-order valence-corrected chi connectivity index (χ4v) is 3.66. The van der Waals surface area contributed by atoms with Crippen LogP contribution in [-0.4, -0.2) is 53.2 Å². The van der Waals surface area contributed by atoms with Gasteiger partial charge in [0, 0.05) is 37.2 Å². The zero-order chi connectivity index (χ0) is 19.4. The lowest BCUT2D eigenvalue weighted by atomic mass is 9.89. The summed E-state index contributed by atoms with van der Waals surface area (Å²) < 4.78 is 5.32. The summed E-state index contributed by atoms with van der Waals surface area (Å²) in [5, 5.41) is 10.1. The predicted molar refractivity (Wildman–Crippen MR) is 102 cm³/mol. The van der Waals surface area contributed by atoms with Crippen molar-refractivity contribution >= 4 is 11.8 Å². The normalized spacial score (nSPS) is 16.0. The van der Waals surface area contributed by atoms with Crippen molar-refractivity contribution in [3.63, 3.8) is 0 Å². The quantitative estimate of drug-likeness (QED) is 0.846. The molecule has 0 aliphatic carbocycles. The van der Waals surface area contributed by atoms with E-state index >= 15 is 0 Å². The minimum absolute atomic E-state index is 0.0266. The number of ether oxygens (including phenoxy) is 1. The molecule has 2 amide bonds. The number of benzene rings is 1. The third-order valence-corrected chi connectivity index (χ3v) is 5.05. The summed E-state index contributed by atoms with van der Waals surface area (Å²) in [5.74, 6) is 0.910. The Morgan fingerprint density at radius 2 is 2.07 bits per heavy atom. The first-order valence-electron chi connectivity index (χ1n) is 9.23. The molecule has 0 bridgehead atoms. The molecule has 1 fully saturated rings. The number of hydrogen-bond donors (Lipinski definition) is 2. The van der Waals surface area contributed by atoms with Crippen LogP contribution in [0.2, 0.25) is 0 Å². The Hall–Kier alpha value is -2.83. The van der Waals surface area contributed by atoms with Crippen LogP contribution in [0.4, 0.5) is 0 Å². The summed E-state index contributed by atoms with van der Waals surface area (Å²) in [4.78, 5) is 25.5. The average molecular weight is 370 g/mol. The van der Waals surface area contributed by atoms with Gasteiger partial charge in [-0.1, -0.05) is 12.1 Å². The van der Waals surface area contributed by atoms with Gasteiger partial charge in [-0.15, -0.1) is 0 Å². The van der Waals surface area contributed by atoms with E-state index in [2.05, 4.69) is 15.5 Å². The molecule has 7 heteroatoms. The van der Waals surface area contributed by atoms with Crippen molar-refractivity contribution in [2.75, 3.05) is 20.2 Å². The van der Waals surface area contributed by atoms with Crippen LogP contribution in [0.15, 0.2) is 30.5 Å². The lowest BCUT2D eigenvalue weighted by Crippen LogP contribution is -2.48. The largest absolute Gasteiger partial charge is 0.497 e. The summed E-state index contributed by atoms with van der Waals surface area (Å²) in [6, 6.07) is 7.45. The van der Waals surface area contributed by atoms with E-state index in [0.717, 1.165) is 35.4 Å².